The fourth-order valence-corrected chi connectivity index (χ4v) is 2.94. The van der Waals surface area contributed by atoms with E-state index in [4.69, 9.17) is 0 Å². The first kappa shape index (κ1) is 17.9. The minimum atomic E-state index is -4.46. The standard InChI is InChI=1S/C18H14F4N2O2/c19-12-2-1-3-13(8-12)24-17(26)15-14(9-23-16(15)25)10-4-6-11(7-5-10)18(20,21)22/h1-8,14-15H,9H2,(H,23,25)(H,24,26). The third-order valence-corrected chi connectivity index (χ3v) is 4.22. The van der Waals surface area contributed by atoms with Crippen LogP contribution in [0, 0.1) is 11.7 Å². The predicted octanol–water partition coefficient (Wildman–Crippen LogP) is 3.31. The van der Waals surface area contributed by atoms with Crippen molar-refractivity contribution < 1.29 is 27.2 Å². The van der Waals surface area contributed by atoms with Crippen LogP contribution in [0.5, 0.6) is 0 Å². The van der Waals surface area contributed by atoms with Crippen LogP contribution in [0.2, 0.25) is 0 Å². The molecule has 26 heavy (non-hydrogen) atoms. The molecule has 1 fully saturated rings. The smallest absolute Gasteiger partial charge is 0.355 e. The monoisotopic (exact) mass is 366 g/mol. The van der Waals surface area contributed by atoms with Crippen LogP contribution in [0.3, 0.4) is 0 Å². The molecule has 1 aliphatic heterocycles. The number of carbonyl (C=O) groups is 2. The van der Waals surface area contributed by atoms with Crippen molar-refractivity contribution in [3.8, 4) is 0 Å². The molecule has 1 heterocycles. The quantitative estimate of drug-likeness (QED) is 0.647. The molecule has 1 aliphatic rings. The highest BCUT2D eigenvalue weighted by Gasteiger charge is 2.41. The number of carbonyl (C=O) groups excluding carboxylic acids is 2. The van der Waals surface area contributed by atoms with Crippen molar-refractivity contribution in [1.82, 2.24) is 5.32 Å². The van der Waals surface area contributed by atoms with Gasteiger partial charge in [0.15, 0.2) is 0 Å². The highest BCUT2D eigenvalue weighted by Crippen LogP contribution is 2.33. The molecule has 136 valence electrons. The third-order valence-electron chi connectivity index (χ3n) is 4.22. The maximum atomic E-state index is 13.2. The zero-order chi connectivity index (χ0) is 18.9. The fraction of sp³-hybridized carbons (Fsp3) is 0.222. The molecule has 0 spiro atoms. The van der Waals surface area contributed by atoms with Gasteiger partial charge in [-0.25, -0.2) is 4.39 Å². The van der Waals surface area contributed by atoms with Gasteiger partial charge in [-0.1, -0.05) is 18.2 Å². The van der Waals surface area contributed by atoms with Gasteiger partial charge in [0.2, 0.25) is 11.8 Å². The molecule has 8 heteroatoms. The molecule has 0 radical (unpaired) electrons. The van der Waals surface area contributed by atoms with E-state index in [1.807, 2.05) is 0 Å². The Labute approximate surface area is 146 Å². The lowest BCUT2D eigenvalue weighted by atomic mass is 9.87. The van der Waals surface area contributed by atoms with Crippen LogP contribution >= 0.6 is 0 Å². The van der Waals surface area contributed by atoms with Gasteiger partial charge in [-0.3, -0.25) is 9.59 Å². The largest absolute Gasteiger partial charge is 0.416 e. The Morgan fingerprint density at radius 2 is 1.81 bits per heavy atom. The van der Waals surface area contributed by atoms with Gasteiger partial charge in [0.25, 0.3) is 0 Å². The van der Waals surface area contributed by atoms with Crippen LogP contribution in [0.1, 0.15) is 17.0 Å². The average Bonchev–Trinajstić information content (AvgIpc) is 2.96. The van der Waals surface area contributed by atoms with Gasteiger partial charge in [-0.2, -0.15) is 13.2 Å². The average molecular weight is 366 g/mol. The summed E-state index contributed by atoms with van der Waals surface area (Å²) in [4.78, 5) is 24.5. The van der Waals surface area contributed by atoms with E-state index in [0.29, 0.717) is 5.56 Å². The molecule has 0 bridgehead atoms. The van der Waals surface area contributed by atoms with E-state index in [1.54, 1.807) is 0 Å². The van der Waals surface area contributed by atoms with Gasteiger partial charge >= 0.3 is 6.18 Å². The minimum Gasteiger partial charge on any atom is -0.355 e. The Balaban J connectivity index is 1.81. The van der Waals surface area contributed by atoms with Crippen molar-refractivity contribution in [2.75, 3.05) is 11.9 Å². The van der Waals surface area contributed by atoms with Crippen molar-refractivity contribution in [2.24, 2.45) is 5.92 Å². The molecule has 2 unspecified atom stereocenters. The van der Waals surface area contributed by atoms with Crippen LogP contribution in [-0.2, 0) is 15.8 Å². The molecule has 0 aliphatic carbocycles. The van der Waals surface area contributed by atoms with Crippen LogP contribution in [0.15, 0.2) is 48.5 Å². The molecule has 0 saturated carbocycles. The van der Waals surface area contributed by atoms with Crippen molar-refractivity contribution in [3.63, 3.8) is 0 Å². The van der Waals surface area contributed by atoms with Crippen LogP contribution in [-0.4, -0.2) is 18.4 Å². The van der Waals surface area contributed by atoms with Gasteiger partial charge in [0.05, 0.1) is 5.56 Å². The summed E-state index contributed by atoms with van der Waals surface area (Å²) in [6.45, 7) is 0.130. The van der Waals surface area contributed by atoms with Crippen LogP contribution < -0.4 is 10.6 Å². The number of anilines is 1. The van der Waals surface area contributed by atoms with Gasteiger partial charge in [0.1, 0.15) is 11.7 Å². The lowest BCUT2D eigenvalue weighted by molar-refractivity contribution is -0.137. The van der Waals surface area contributed by atoms with Crippen molar-refractivity contribution >= 4 is 17.5 Å². The SMILES string of the molecule is O=C1NCC(c2ccc(C(F)(F)F)cc2)C1C(=O)Nc1cccc(F)c1. The molecule has 2 aromatic carbocycles. The first-order valence-electron chi connectivity index (χ1n) is 7.77. The number of amides is 2. The topological polar surface area (TPSA) is 58.2 Å². The number of alkyl halides is 3. The maximum absolute atomic E-state index is 13.2. The van der Waals surface area contributed by atoms with Gasteiger partial charge in [-0.05, 0) is 35.9 Å². The molecule has 2 N–H and O–H groups in total. The zero-order valence-electron chi connectivity index (χ0n) is 13.3. The molecule has 4 nitrogen and oxygen atoms in total. The minimum absolute atomic E-state index is 0.130. The highest BCUT2D eigenvalue weighted by molar-refractivity contribution is 6.08. The van der Waals surface area contributed by atoms with E-state index in [2.05, 4.69) is 10.6 Å². The lowest BCUT2D eigenvalue weighted by Crippen LogP contribution is -2.32. The van der Waals surface area contributed by atoms with Gasteiger partial charge in [-0.15, -0.1) is 0 Å². The summed E-state index contributed by atoms with van der Waals surface area (Å²) in [6.07, 6.45) is -4.46. The molecular formula is C18H14F4N2O2. The maximum Gasteiger partial charge on any atom is 0.416 e. The summed E-state index contributed by atoms with van der Waals surface area (Å²) in [5.41, 5.74) is -0.170. The molecule has 3 rings (SSSR count). The van der Waals surface area contributed by atoms with E-state index in [0.717, 1.165) is 18.2 Å². The second-order valence-electron chi connectivity index (χ2n) is 5.95. The Kier molecular flexibility index (Phi) is 4.67. The summed E-state index contributed by atoms with van der Waals surface area (Å²) in [5.74, 6) is -3.44. The number of rotatable bonds is 3. The predicted molar refractivity (Wildman–Crippen MR) is 85.7 cm³/mol. The molecule has 1 saturated heterocycles. The third kappa shape index (κ3) is 3.68. The highest BCUT2D eigenvalue weighted by atomic mass is 19.4. The number of hydrogen-bond donors (Lipinski definition) is 2. The molecule has 2 amide bonds. The van der Waals surface area contributed by atoms with E-state index < -0.39 is 41.2 Å². The van der Waals surface area contributed by atoms with Crippen molar-refractivity contribution in [2.45, 2.75) is 12.1 Å². The zero-order valence-corrected chi connectivity index (χ0v) is 13.3. The van der Waals surface area contributed by atoms with Crippen molar-refractivity contribution in [3.05, 3.63) is 65.5 Å². The van der Waals surface area contributed by atoms with Crippen LogP contribution in [0.4, 0.5) is 23.2 Å². The van der Waals surface area contributed by atoms with Crippen molar-refractivity contribution in [1.29, 1.82) is 0 Å². The Morgan fingerprint density at radius 3 is 2.42 bits per heavy atom. The summed E-state index contributed by atoms with van der Waals surface area (Å²) < 4.78 is 51.3. The van der Waals surface area contributed by atoms with E-state index in [-0.39, 0.29) is 12.2 Å². The number of hydrogen-bond acceptors (Lipinski definition) is 2. The fourth-order valence-electron chi connectivity index (χ4n) is 2.94. The molecule has 2 aromatic rings. The second-order valence-corrected chi connectivity index (χ2v) is 5.95. The summed E-state index contributed by atoms with van der Waals surface area (Å²) in [7, 11) is 0. The Hall–Kier alpha value is -2.90. The first-order valence-corrected chi connectivity index (χ1v) is 7.77. The summed E-state index contributed by atoms with van der Waals surface area (Å²) in [5, 5.41) is 5.02. The van der Waals surface area contributed by atoms with E-state index >= 15 is 0 Å². The Bertz CT molecular complexity index is 834. The normalized spacial score (nSPS) is 19.9. The summed E-state index contributed by atoms with van der Waals surface area (Å²) in [6, 6.07) is 9.56. The molecule has 2 atom stereocenters. The van der Waals surface area contributed by atoms with E-state index in [9.17, 15) is 27.2 Å². The molecule has 0 aromatic heterocycles. The second kappa shape index (κ2) is 6.78. The Morgan fingerprint density at radius 1 is 1.12 bits per heavy atom. The first-order chi connectivity index (χ1) is 12.3. The van der Waals surface area contributed by atoms with Gasteiger partial charge < -0.3 is 10.6 Å². The number of benzene rings is 2. The number of halogens is 4. The molecular weight excluding hydrogens is 352 g/mol. The van der Waals surface area contributed by atoms with Gasteiger partial charge in [0, 0.05) is 18.2 Å². The van der Waals surface area contributed by atoms with E-state index in [1.165, 1.54) is 30.3 Å². The lowest BCUT2D eigenvalue weighted by Gasteiger charge is -2.18. The van der Waals surface area contributed by atoms with Crippen LogP contribution in [0.25, 0.3) is 0 Å². The number of nitrogens with one attached hydrogen (secondary N) is 2. The summed E-state index contributed by atoms with van der Waals surface area (Å²) >= 11 is 0.